The van der Waals surface area contributed by atoms with Crippen molar-refractivity contribution in [1.29, 1.82) is 0 Å². The first-order valence-electron chi connectivity index (χ1n) is 4.25. The Kier molecular flexibility index (Phi) is 1.86. The molecule has 62 valence electrons. The highest BCUT2D eigenvalue weighted by Crippen LogP contribution is 2.31. The molecule has 0 aromatic heterocycles. The second kappa shape index (κ2) is 3.02. The molecule has 0 saturated heterocycles. The van der Waals surface area contributed by atoms with Crippen LogP contribution in [0, 0.1) is 5.92 Å². The summed E-state index contributed by atoms with van der Waals surface area (Å²) in [5.74, 6) is 0.493. The van der Waals surface area contributed by atoms with Gasteiger partial charge in [-0.25, -0.2) is 0 Å². The highest BCUT2D eigenvalue weighted by molar-refractivity contribution is 5.20. The minimum Gasteiger partial charge on any atom is -0.493 e. The Bertz CT molecular complexity index is 276. The second-order valence-corrected chi connectivity index (χ2v) is 3.16. The largest absolute Gasteiger partial charge is 0.493 e. The fourth-order valence-electron chi connectivity index (χ4n) is 1.50. The van der Waals surface area contributed by atoms with Crippen molar-refractivity contribution in [2.45, 2.75) is 13.0 Å². The normalized spacial score (nSPS) is 27.1. The molecule has 1 heteroatoms. The van der Waals surface area contributed by atoms with E-state index in [1.54, 1.807) is 6.26 Å². The SMILES string of the molecule is C[C@@H]1C=CO[C@@H]1c1ccccc1. The van der Waals surface area contributed by atoms with Gasteiger partial charge in [-0.3, -0.25) is 0 Å². The van der Waals surface area contributed by atoms with Crippen molar-refractivity contribution >= 4 is 0 Å². The summed E-state index contributed by atoms with van der Waals surface area (Å²) in [4.78, 5) is 0. The Hall–Kier alpha value is -1.24. The zero-order valence-electron chi connectivity index (χ0n) is 7.10. The van der Waals surface area contributed by atoms with Gasteiger partial charge in [0.1, 0.15) is 6.10 Å². The summed E-state index contributed by atoms with van der Waals surface area (Å²) in [6, 6.07) is 10.3. The maximum atomic E-state index is 5.47. The van der Waals surface area contributed by atoms with Gasteiger partial charge in [-0.1, -0.05) is 37.3 Å². The van der Waals surface area contributed by atoms with E-state index in [0.717, 1.165) is 0 Å². The Morgan fingerprint density at radius 3 is 2.50 bits per heavy atom. The summed E-state index contributed by atoms with van der Waals surface area (Å²) < 4.78 is 5.47. The van der Waals surface area contributed by atoms with Crippen LogP contribution in [0.15, 0.2) is 42.7 Å². The molecule has 1 heterocycles. The van der Waals surface area contributed by atoms with Gasteiger partial charge in [-0.15, -0.1) is 0 Å². The molecule has 0 saturated carbocycles. The van der Waals surface area contributed by atoms with Gasteiger partial charge < -0.3 is 4.74 Å². The Morgan fingerprint density at radius 2 is 1.92 bits per heavy atom. The first-order chi connectivity index (χ1) is 5.88. The molecular weight excluding hydrogens is 148 g/mol. The van der Waals surface area contributed by atoms with Gasteiger partial charge >= 0.3 is 0 Å². The number of ether oxygens (including phenoxy) is 1. The molecule has 1 aliphatic heterocycles. The van der Waals surface area contributed by atoms with E-state index in [9.17, 15) is 0 Å². The Morgan fingerprint density at radius 1 is 1.17 bits per heavy atom. The molecule has 12 heavy (non-hydrogen) atoms. The third kappa shape index (κ3) is 1.22. The molecule has 1 nitrogen and oxygen atoms in total. The summed E-state index contributed by atoms with van der Waals surface area (Å²) >= 11 is 0. The van der Waals surface area contributed by atoms with Crippen molar-refractivity contribution in [3.8, 4) is 0 Å². The van der Waals surface area contributed by atoms with E-state index in [1.807, 2.05) is 18.2 Å². The van der Waals surface area contributed by atoms with Crippen molar-refractivity contribution in [3.05, 3.63) is 48.2 Å². The van der Waals surface area contributed by atoms with Crippen LogP contribution >= 0.6 is 0 Å². The molecule has 0 N–H and O–H groups in total. The molecular formula is C11H12O. The van der Waals surface area contributed by atoms with Gasteiger partial charge in [0.25, 0.3) is 0 Å². The lowest BCUT2D eigenvalue weighted by molar-refractivity contribution is 0.142. The zero-order valence-corrected chi connectivity index (χ0v) is 7.10. The van der Waals surface area contributed by atoms with Crippen LogP contribution in [0.5, 0.6) is 0 Å². The molecule has 1 aromatic rings. The molecule has 1 aromatic carbocycles. The van der Waals surface area contributed by atoms with E-state index in [-0.39, 0.29) is 6.10 Å². The maximum absolute atomic E-state index is 5.47. The number of hydrogen-bond donors (Lipinski definition) is 0. The molecule has 0 aliphatic carbocycles. The van der Waals surface area contributed by atoms with Crippen LogP contribution in [-0.4, -0.2) is 0 Å². The molecule has 2 rings (SSSR count). The van der Waals surface area contributed by atoms with E-state index < -0.39 is 0 Å². The fourth-order valence-corrected chi connectivity index (χ4v) is 1.50. The third-order valence-electron chi connectivity index (χ3n) is 2.21. The average molecular weight is 160 g/mol. The monoisotopic (exact) mass is 160 g/mol. The molecule has 0 spiro atoms. The lowest BCUT2D eigenvalue weighted by Gasteiger charge is -2.14. The first kappa shape index (κ1) is 7.41. The van der Waals surface area contributed by atoms with Gasteiger partial charge in [0.2, 0.25) is 0 Å². The van der Waals surface area contributed by atoms with Gasteiger partial charge in [0.15, 0.2) is 0 Å². The molecule has 0 amide bonds. The van der Waals surface area contributed by atoms with E-state index in [4.69, 9.17) is 4.74 Å². The lowest BCUT2D eigenvalue weighted by Crippen LogP contribution is -2.03. The summed E-state index contributed by atoms with van der Waals surface area (Å²) in [6.45, 7) is 2.17. The van der Waals surface area contributed by atoms with Crippen molar-refractivity contribution in [2.75, 3.05) is 0 Å². The summed E-state index contributed by atoms with van der Waals surface area (Å²) in [7, 11) is 0. The van der Waals surface area contributed by atoms with Crippen LogP contribution in [-0.2, 0) is 4.74 Å². The molecule has 0 unspecified atom stereocenters. The molecule has 0 fully saturated rings. The van der Waals surface area contributed by atoms with E-state index in [1.165, 1.54) is 5.56 Å². The highest BCUT2D eigenvalue weighted by Gasteiger charge is 2.21. The topological polar surface area (TPSA) is 9.23 Å². The predicted octanol–water partition coefficient (Wildman–Crippen LogP) is 2.91. The second-order valence-electron chi connectivity index (χ2n) is 3.16. The van der Waals surface area contributed by atoms with Crippen LogP contribution in [0.2, 0.25) is 0 Å². The maximum Gasteiger partial charge on any atom is 0.129 e. The number of benzene rings is 1. The number of hydrogen-bond acceptors (Lipinski definition) is 1. The van der Waals surface area contributed by atoms with Crippen LogP contribution in [0.1, 0.15) is 18.6 Å². The lowest BCUT2D eigenvalue weighted by atomic mass is 9.99. The zero-order chi connectivity index (χ0) is 8.39. The van der Waals surface area contributed by atoms with Gasteiger partial charge in [0.05, 0.1) is 6.26 Å². The van der Waals surface area contributed by atoms with Gasteiger partial charge in [-0.05, 0) is 11.6 Å². The van der Waals surface area contributed by atoms with E-state index in [0.29, 0.717) is 5.92 Å². The molecule has 0 radical (unpaired) electrons. The first-order valence-corrected chi connectivity index (χ1v) is 4.25. The van der Waals surface area contributed by atoms with Crippen molar-refractivity contribution in [3.63, 3.8) is 0 Å². The predicted molar refractivity (Wildman–Crippen MR) is 48.6 cm³/mol. The smallest absolute Gasteiger partial charge is 0.129 e. The summed E-state index contributed by atoms with van der Waals surface area (Å²) in [6.07, 6.45) is 4.12. The van der Waals surface area contributed by atoms with E-state index >= 15 is 0 Å². The summed E-state index contributed by atoms with van der Waals surface area (Å²) in [5.41, 5.74) is 1.26. The fraction of sp³-hybridized carbons (Fsp3) is 0.273. The Labute approximate surface area is 72.7 Å². The number of rotatable bonds is 1. The standard InChI is InChI=1S/C11H12O/c1-9-7-8-12-11(9)10-5-3-2-4-6-10/h2-9,11H,1H3/t9-,11+/m1/s1. The van der Waals surface area contributed by atoms with Crippen molar-refractivity contribution in [2.24, 2.45) is 5.92 Å². The van der Waals surface area contributed by atoms with Gasteiger partial charge in [0, 0.05) is 5.92 Å². The Balaban J connectivity index is 2.22. The quantitative estimate of drug-likeness (QED) is 0.613. The van der Waals surface area contributed by atoms with Crippen LogP contribution < -0.4 is 0 Å². The molecule has 1 aliphatic rings. The van der Waals surface area contributed by atoms with Crippen LogP contribution in [0.4, 0.5) is 0 Å². The molecule has 0 bridgehead atoms. The van der Waals surface area contributed by atoms with Crippen LogP contribution in [0.25, 0.3) is 0 Å². The minimum atomic E-state index is 0.228. The van der Waals surface area contributed by atoms with Crippen molar-refractivity contribution < 1.29 is 4.74 Å². The van der Waals surface area contributed by atoms with Gasteiger partial charge in [-0.2, -0.15) is 0 Å². The van der Waals surface area contributed by atoms with E-state index in [2.05, 4.69) is 25.1 Å². The average Bonchev–Trinajstić information content (AvgIpc) is 2.53. The van der Waals surface area contributed by atoms with Crippen LogP contribution in [0.3, 0.4) is 0 Å². The molecule has 2 atom stereocenters. The third-order valence-corrected chi connectivity index (χ3v) is 2.21. The minimum absolute atomic E-state index is 0.228. The van der Waals surface area contributed by atoms with Crippen molar-refractivity contribution in [1.82, 2.24) is 0 Å². The highest BCUT2D eigenvalue weighted by atomic mass is 16.5. The summed E-state index contributed by atoms with van der Waals surface area (Å²) in [5, 5.41) is 0.